The molecule has 0 saturated carbocycles. The Balaban J connectivity index is 2.28. The predicted octanol–water partition coefficient (Wildman–Crippen LogP) is 2.84. The summed E-state index contributed by atoms with van der Waals surface area (Å²) in [6.45, 7) is 0. The lowest BCUT2D eigenvalue weighted by molar-refractivity contribution is 0.103. The van der Waals surface area contributed by atoms with Gasteiger partial charge >= 0.3 is 0 Å². The van der Waals surface area contributed by atoms with E-state index in [4.69, 9.17) is 0 Å². The molecule has 0 atom stereocenters. The summed E-state index contributed by atoms with van der Waals surface area (Å²) < 4.78 is 0. The van der Waals surface area contributed by atoms with Crippen molar-refractivity contribution in [3.63, 3.8) is 0 Å². The monoisotopic (exact) mass is 232 g/mol. The molecule has 3 heteroatoms. The minimum absolute atomic E-state index is 0.0394. The zero-order chi connectivity index (χ0) is 12.1. The van der Waals surface area contributed by atoms with Gasteiger partial charge in [0.2, 0.25) is 5.78 Å². The van der Waals surface area contributed by atoms with E-state index in [2.05, 4.69) is 9.97 Å². The van der Waals surface area contributed by atoms with Gasteiger partial charge in [-0.2, -0.15) is 0 Å². The largest absolute Gasteiger partial charge is 0.287 e. The van der Waals surface area contributed by atoms with Gasteiger partial charge in [0.1, 0.15) is 11.4 Å². The highest BCUT2D eigenvalue weighted by Gasteiger charge is 2.26. The van der Waals surface area contributed by atoms with Gasteiger partial charge < -0.3 is 0 Å². The number of carbonyl (C=O) groups excluding carboxylic acids is 1. The summed E-state index contributed by atoms with van der Waals surface area (Å²) in [7, 11) is 0. The Bertz CT molecular complexity index is 803. The molecule has 2 aromatic carbocycles. The molecule has 0 radical (unpaired) electrons. The van der Waals surface area contributed by atoms with Gasteiger partial charge in [0.05, 0.1) is 0 Å². The Labute approximate surface area is 103 Å². The lowest BCUT2D eigenvalue weighted by Gasteiger charge is -2.17. The van der Waals surface area contributed by atoms with Crippen molar-refractivity contribution in [1.29, 1.82) is 0 Å². The SMILES string of the molecule is O=C1c2nccnc2-c2cccc3cccc1c23. The molecule has 0 amide bonds. The van der Waals surface area contributed by atoms with Crippen molar-refractivity contribution in [2.45, 2.75) is 0 Å². The Morgan fingerprint density at radius 1 is 0.778 bits per heavy atom. The third-order valence-corrected chi connectivity index (χ3v) is 3.32. The van der Waals surface area contributed by atoms with Crippen LogP contribution in [0.5, 0.6) is 0 Å². The van der Waals surface area contributed by atoms with Gasteiger partial charge in [0.15, 0.2) is 0 Å². The normalized spacial score (nSPS) is 12.6. The highest BCUT2D eigenvalue weighted by Crippen LogP contribution is 2.36. The summed E-state index contributed by atoms with van der Waals surface area (Å²) in [5.41, 5.74) is 2.84. The van der Waals surface area contributed by atoms with Gasteiger partial charge in [0, 0.05) is 28.9 Å². The van der Waals surface area contributed by atoms with E-state index in [1.807, 2.05) is 36.4 Å². The van der Waals surface area contributed by atoms with E-state index < -0.39 is 0 Å². The molecular weight excluding hydrogens is 224 g/mol. The lowest BCUT2D eigenvalue weighted by atomic mass is 9.88. The van der Waals surface area contributed by atoms with Crippen LogP contribution in [-0.2, 0) is 0 Å². The molecule has 0 spiro atoms. The molecule has 1 heterocycles. The minimum atomic E-state index is -0.0394. The summed E-state index contributed by atoms with van der Waals surface area (Å²) in [6.07, 6.45) is 3.18. The third-order valence-electron chi connectivity index (χ3n) is 3.32. The number of rotatable bonds is 0. The van der Waals surface area contributed by atoms with E-state index in [1.165, 1.54) is 0 Å². The van der Waals surface area contributed by atoms with Crippen LogP contribution in [0.2, 0.25) is 0 Å². The second-order valence-electron chi connectivity index (χ2n) is 4.29. The fraction of sp³-hybridized carbons (Fsp3) is 0. The zero-order valence-corrected chi connectivity index (χ0v) is 9.42. The maximum atomic E-state index is 12.4. The van der Waals surface area contributed by atoms with Gasteiger partial charge in [-0.1, -0.05) is 36.4 Å². The number of hydrogen-bond donors (Lipinski definition) is 0. The van der Waals surface area contributed by atoms with Crippen molar-refractivity contribution in [2.24, 2.45) is 0 Å². The van der Waals surface area contributed by atoms with Crippen LogP contribution in [0.4, 0.5) is 0 Å². The molecule has 0 N–H and O–H groups in total. The highest BCUT2D eigenvalue weighted by atomic mass is 16.1. The highest BCUT2D eigenvalue weighted by molar-refractivity contribution is 6.24. The van der Waals surface area contributed by atoms with Gasteiger partial charge in [-0.05, 0) is 5.39 Å². The van der Waals surface area contributed by atoms with Crippen molar-refractivity contribution in [2.75, 3.05) is 0 Å². The molecule has 84 valence electrons. The van der Waals surface area contributed by atoms with E-state index in [0.29, 0.717) is 11.4 Å². The van der Waals surface area contributed by atoms with E-state index in [0.717, 1.165) is 21.9 Å². The van der Waals surface area contributed by atoms with Crippen LogP contribution in [-0.4, -0.2) is 15.8 Å². The zero-order valence-electron chi connectivity index (χ0n) is 9.42. The van der Waals surface area contributed by atoms with Gasteiger partial charge in [-0.3, -0.25) is 9.78 Å². The van der Waals surface area contributed by atoms with E-state index in [1.54, 1.807) is 12.4 Å². The summed E-state index contributed by atoms with van der Waals surface area (Å²) >= 11 is 0. The summed E-state index contributed by atoms with van der Waals surface area (Å²) in [5.74, 6) is -0.0394. The summed E-state index contributed by atoms with van der Waals surface area (Å²) in [5, 5.41) is 2.05. The number of nitrogens with zero attached hydrogens (tertiary/aromatic N) is 2. The fourth-order valence-electron chi connectivity index (χ4n) is 2.56. The first-order valence-electron chi connectivity index (χ1n) is 5.74. The molecule has 0 unspecified atom stereocenters. The third kappa shape index (κ3) is 1.06. The van der Waals surface area contributed by atoms with Crippen LogP contribution in [0.25, 0.3) is 22.0 Å². The number of hydrogen-bond acceptors (Lipinski definition) is 3. The molecule has 0 fully saturated rings. The molecule has 0 bridgehead atoms. The average Bonchev–Trinajstić information content (AvgIpc) is 2.44. The molecule has 3 nitrogen and oxygen atoms in total. The molecule has 18 heavy (non-hydrogen) atoms. The molecule has 1 aromatic heterocycles. The Morgan fingerprint density at radius 3 is 2.22 bits per heavy atom. The molecule has 1 aliphatic carbocycles. The molecular formula is C15H8N2O. The van der Waals surface area contributed by atoms with Gasteiger partial charge in [-0.25, -0.2) is 4.98 Å². The first-order valence-corrected chi connectivity index (χ1v) is 5.74. The Hall–Kier alpha value is -2.55. The van der Waals surface area contributed by atoms with Crippen molar-refractivity contribution in [3.05, 3.63) is 60.0 Å². The fourth-order valence-corrected chi connectivity index (χ4v) is 2.56. The number of carbonyl (C=O) groups is 1. The Kier molecular flexibility index (Phi) is 1.70. The Morgan fingerprint density at radius 2 is 1.44 bits per heavy atom. The standard InChI is InChI=1S/C15H8N2O/c18-15-11-6-2-4-9-3-1-5-10(12(9)11)13-14(15)17-8-7-16-13/h1-8H. The van der Waals surface area contributed by atoms with Crippen molar-refractivity contribution in [1.82, 2.24) is 9.97 Å². The molecule has 0 saturated heterocycles. The van der Waals surface area contributed by atoms with Crippen LogP contribution < -0.4 is 0 Å². The maximum Gasteiger partial charge on any atom is 0.214 e. The molecule has 0 aliphatic heterocycles. The second-order valence-corrected chi connectivity index (χ2v) is 4.29. The smallest absolute Gasteiger partial charge is 0.214 e. The lowest BCUT2D eigenvalue weighted by Crippen LogP contribution is -2.12. The van der Waals surface area contributed by atoms with Crippen LogP contribution in [0.1, 0.15) is 16.1 Å². The van der Waals surface area contributed by atoms with Crippen molar-refractivity contribution in [3.8, 4) is 11.3 Å². The molecule has 4 rings (SSSR count). The minimum Gasteiger partial charge on any atom is -0.287 e. The molecule has 3 aromatic rings. The summed E-state index contributed by atoms with van der Waals surface area (Å²) in [4.78, 5) is 20.9. The maximum absolute atomic E-state index is 12.4. The quantitative estimate of drug-likeness (QED) is 0.468. The number of ketones is 1. The van der Waals surface area contributed by atoms with E-state index in [9.17, 15) is 4.79 Å². The van der Waals surface area contributed by atoms with Crippen molar-refractivity contribution >= 4 is 16.6 Å². The first kappa shape index (κ1) is 9.48. The van der Waals surface area contributed by atoms with Crippen LogP contribution in [0.3, 0.4) is 0 Å². The van der Waals surface area contributed by atoms with E-state index >= 15 is 0 Å². The molecule has 1 aliphatic rings. The first-order chi connectivity index (χ1) is 8.86. The van der Waals surface area contributed by atoms with E-state index in [-0.39, 0.29) is 5.78 Å². The van der Waals surface area contributed by atoms with Gasteiger partial charge in [0.25, 0.3) is 0 Å². The van der Waals surface area contributed by atoms with Crippen LogP contribution >= 0.6 is 0 Å². The predicted molar refractivity (Wildman–Crippen MR) is 68.4 cm³/mol. The van der Waals surface area contributed by atoms with Gasteiger partial charge in [-0.15, -0.1) is 0 Å². The second kappa shape index (κ2) is 3.23. The van der Waals surface area contributed by atoms with Crippen molar-refractivity contribution < 1.29 is 4.79 Å². The topological polar surface area (TPSA) is 42.9 Å². The number of aromatic nitrogens is 2. The van der Waals surface area contributed by atoms with Crippen LogP contribution in [0.15, 0.2) is 48.8 Å². The number of benzene rings is 2. The van der Waals surface area contributed by atoms with Crippen LogP contribution in [0, 0.1) is 0 Å². The number of fused-ring (bicyclic) bond motifs is 2. The average molecular weight is 232 g/mol. The summed E-state index contributed by atoms with van der Waals surface area (Å²) in [6, 6.07) is 11.8.